The highest BCUT2D eigenvalue weighted by Gasteiger charge is 2.14. The molecule has 88 valence electrons. The van der Waals surface area contributed by atoms with Crippen molar-refractivity contribution in [1.29, 1.82) is 0 Å². The van der Waals surface area contributed by atoms with E-state index in [1.165, 1.54) is 32.1 Å². The molecule has 0 aromatic heterocycles. The van der Waals surface area contributed by atoms with Crippen LogP contribution in [0.1, 0.15) is 38.5 Å². The maximum absolute atomic E-state index is 10.3. The van der Waals surface area contributed by atoms with E-state index in [9.17, 15) is 9.90 Å². The standard InChI is InChI=1S/C11H21NO3/c13-10(6-11(14)15)8-12-7-9-4-2-1-3-5-9/h9-10,12-13H,1-8H2,(H,14,15). The molecule has 1 fully saturated rings. The van der Waals surface area contributed by atoms with Crippen LogP contribution in [0.5, 0.6) is 0 Å². The third-order valence-corrected chi connectivity index (χ3v) is 2.95. The number of nitrogens with one attached hydrogen (secondary N) is 1. The zero-order chi connectivity index (χ0) is 11.1. The van der Waals surface area contributed by atoms with Gasteiger partial charge in [-0.1, -0.05) is 19.3 Å². The fraction of sp³-hybridized carbons (Fsp3) is 0.909. The van der Waals surface area contributed by atoms with Crippen LogP contribution < -0.4 is 5.32 Å². The van der Waals surface area contributed by atoms with Crippen molar-refractivity contribution in [2.45, 2.75) is 44.6 Å². The Morgan fingerprint density at radius 3 is 2.60 bits per heavy atom. The third-order valence-electron chi connectivity index (χ3n) is 2.95. The summed E-state index contributed by atoms with van der Waals surface area (Å²) < 4.78 is 0. The van der Waals surface area contributed by atoms with Gasteiger partial charge in [-0.3, -0.25) is 4.79 Å². The van der Waals surface area contributed by atoms with Crippen LogP contribution >= 0.6 is 0 Å². The second-order valence-electron chi connectivity index (χ2n) is 4.41. The molecule has 1 aliphatic carbocycles. The molecule has 1 unspecified atom stereocenters. The quantitative estimate of drug-likeness (QED) is 0.618. The van der Waals surface area contributed by atoms with Gasteiger partial charge in [0.1, 0.15) is 0 Å². The predicted octanol–water partition coefficient (Wildman–Crippen LogP) is 0.992. The maximum atomic E-state index is 10.3. The third kappa shape index (κ3) is 5.74. The summed E-state index contributed by atoms with van der Waals surface area (Å²) in [7, 11) is 0. The highest BCUT2D eigenvalue weighted by molar-refractivity contribution is 5.67. The van der Waals surface area contributed by atoms with Crippen LogP contribution in [-0.4, -0.2) is 35.4 Å². The van der Waals surface area contributed by atoms with E-state index in [1.807, 2.05) is 0 Å². The Morgan fingerprint density at radius 2 is 2.00 bits per heavy atom. The molecule has 15 heavy (non-hydrogen) atoms. The lowest BCUT2D eigenvalue weighted by Gasteiger charge is -2.22. The average Bonchev–Trinajstić information content (AvgIpc) is 2.18. The van der Waals surface area contributed by atoms with Crippen molar-refractivity contribution in [3.8, 4) is 0 Å². The van der Waals surface area contributed by atoms with Gasteiger partial charge in [-0.15, -0.1) is 0 Å². The zero-order valence-corrected chi connectivity index (χ0v) is 9.11. The van der Waals surface area contributed by atoms with Crippen LogP contribution in [0.15, 0.2) is 0 Å². The van der Waals surface area contributed by atoms with E-state index in [1.54, 1.807) is 0 Å². The lowest BCUT2D eigenvalue weighted by atomic mass is 9.89. The van der Waals surface area contributed by atoms with Gasteiger partial charge in [0.25, 0.3) is 0 Å². The van der Waals surface area contributed by atoms with Gasteiger partial charge in [-0.25, -0.2) is 0 Å². The molecule has 1 aliphatic rings. The first kappa shape index (κ1) is 12.5. The average molecular weight is 215 g/mol. The van der Waals surface area contributed by atoms with E-state index in [-0.39, 0.29) is 6.42 Å². The van der Waals surface area contributed by atoms with Gasteiger partial charge in [0.2, 0.25) is 0 Å². The summed E-state index contributed by atoms with van der Waals surface area (Å²) in [6, 6.07) is 0. The molecule has 3 N–H and O–H groups in total. The summed E-state index contributed by atoms with van der Waals surface area (Å²) in [6.45, 7) is 1.31. The lowest BCUT2D eigenvalue weighted by Crippen LogP contribution is -2.32. The smallest absolute Gasteiger partial charge is 0.306 e. The zero-order valence-electron chi connectivity index (χ0n) is 9.11. The maximum Gasteiger partial charge on any atom is 0.306 e. The minimum absolute atomic E-state index is 0.169. The number of hydrogen-bond acceptors (Lipinski definition) is 3. The molecule has 1 rings (SSSR count). The van der Waals surface area contributed by atoms with Crippen LogP contribution in [0.2, 0.25) is 0 Å². The number of aliphatic hydroxyl groups is 1. The molecule has 0 aromatic rings. The minimum atomic E-state index is -0.943. The van der Waals surface area contributed by atoms with Crippen molar-refractivity contribution in [3.63, 3.8) is 0 Å². The van der Waals surface area contributed by atoms with Gasteiger partial charge in [0.15, 0.2) is 0 Å². The molecule has 0 aromatic carbocycles. The van der Waals surface area contributed by atoms with Crippen LogP contribution in [0, 0.1) is 5.92 Å². The predicted molar refractivity (Wildman–Crippen MR) is 57.7 cm³/mol. The van der Waals surface area contributed by atoms with Gasteiger partial charge in [0, 0.05) is 6.54 Å². The number of rotatable bonds is 6. The van der Waals surface area contributed by atoms with E-state index >= 15 is 0 Å². The van der Waals surface area contributed by atoms with E-state index in [0.717, 1.165) is 12.5 Å². The molecule has 0 heterocycles. The second kappa shape index (κ2) is 6.80. The number of carboxylic acids is 1. The van der Waals surface area contributed by atoms with Gasteiger partial charge in [-0.05, 0) is 25.3 Å². The molecule has 4 heteroatoms. The fourth-order valence-electron chi connectivity index (χ4n) is 2.12. The monoisotopic (exact) mass is 215 g/mol. The highest BCUT2D eigenvalue weighted by Crippen LogP contribution is 2.22. The first-order chi connectivity index (χ1) is 7.18. The first-order valence-electron chi connectivity index (χ1n) is 5.79. The van der Waals surface area contributed by atoms with Crippen molar-refractivity contribution in [2.75, 3.05) is 13.1 Å². The molecular formula is C11H21NO3. The number of hydrogen-bond donors (Lipinski definition) is 3. The van der Waals surface area contributed by atoms with Crippen molar-refractivity contribution < 1.29 is 15.0 Å². The molecule has 0 radical (unpaired) electrons. The Labute approximate surface area is 90.7 Å². The molecule has 4 nitrogen and oxygen atoms in total. The molecule has 0 bridgehead atoms. The van der Waals surface area contributed by atoms with Crippen LogP contribution in [-0.2, 0) is 4.79 Å². The largest absolute Gasteiger partial charge is 0.481 e. The van der Waals surface area contributed by atoms with Crippen molar-refractivity contribution >= 4 is 5.97 Å². The summed E-state index contributed by atoms with van der Waals surface area (Å²) >= 11 is 0. The highest BCUT2D eigenvalue weighted by atomic mass is 16.4. The molecule has 1 saturated carbocycles. The van der Waals surface area contributed by atoms with Crippen LogP contribution in [0.4, 0.5) is 0 Å². The Balaban J connectivity index is 2.02. The van der Waals surface area contributed by atoms with E-state index in [4.69, 9.17) is 5.11 Å². The second-order valence-corrected chi connectivity index (χ2v) is 4.41. The van der Waals surface area contributed by atoms with E-state index in [2.05, 4.69) is 5.32 Å². The molecular weight excluding hydrogens is 194 g/mol. The van der Waals surface area contributed by atoms with Crippen molar-refractivity contribution in [2.24, 2.45) is 5.92 Å². The van der Waals surface area contributed by atoms with Crippen LogP contribution in [0.25, 0.3) is 0 Å². The summed E-state index contributed by atoms with van der Waals surface area (Å²) in [5, 5.41) is 20.9. The van der Waals surface area contributed by atoms with Gasteiger partial charge >= 0.3 is 5.97 Å². The summed E-state index contributed by atoms with van der Waals surface area (Å²) in [5.74, 6) is -0.224. The van der Waals surface area contributed by atoms with E-state index in [0.29, 0.717) is 6.54 Å². The van der Waals surface area contributed by atoms with Gasteiger partial charge in [0.05, 0.1) is 12.5 Å². The Morgan fingerprint density at radius 1 is 1.33 bits per heavy atom. The Hall–Kier alpha value is -0.610. The van der Waals surface area contributed by atoms with Gasteiger partial charge in [-0.2, -0.15) is 0 Å². The number of aliphatic carboxylic acids is 1. The molecule has 1 atom stereocenters. The molecule has 0 saturated heterocycles. The van der Waals surface area contributed by atoms with Gasteiger partial charge < -0.3 is 15.5 Å². The SMILES string of the molecule is O=C(O)CC(O)CNCC1CCCCC1. The Kier molecular flexibility index (Phi) is 5.65. The fourth-order valence-corrected chi connectivity index (χ4v) is 2.12. The molecule has 0 amide bonds. The number of carboxylic acid groups (broad SMARTS) is 1. The first-order valence-corrected chi connectivity index (χ1v) is 5.79. The lowest BCUT2D eigenvalue weighted by molar-refractivity contribution is -0.139. The topological polar surface area (TPSA) is 69.6 Å². The minimum Gasteiger partial charge on any atom is -0.481 e. The normalized spacial score (nSPS) is 20.1. The van der Waals surface area contributed by atoms with Crippen molar-refractivity contribution in [3.05, 3.63) is 0 Å². The molecule has 0 aliphatic heterocycles. The number of aliphatic hydroxyl groups excluding tert-OH is 1. The number of carbonyl (C=O) groups is 1. The summed E-state index contributed by atoms with van der Waals surface area (Å²) in [5.41, 5.74) is 0. The van der Waals surface area contributed by atoms with E-state index < -0.39 is 12.1 Å². The summed E-state index contributed by atoms with van der Waals surface area (Å²) in [4.78, 5) is 10.3. The summed E-state index contributed by atoms with van der Waals surface area (Å²) in [6.07, 6.45) is 5.57. The van der Waals surface area contributed by atoms with Crippen LogP contribution in [0.3, 0.4) is 0 Å². The van der Waals surface area contributed by atoms with Crippen molar-refractivity contribution in [1.82, 2.24) is 5.32 Å². The molecule has 0 spiro atoms. The Bertz CT molecular complexity index is 190.